The summed E-state index contributed by atoms with van der Waals surface area (Å²) in [5.41, 5.74) is 2.34. The van der Waals surface area contributed by atoms with Gasteiger partial charge < -0.3 is 4.74 Å². The van der Waals surface area contributed by atoms with Crippen molar-refractivity contribution < 1.29 is 13.2 Å². The Bertz CT molecular complexity index is 879. The van der Waals surface area contributed by atoms with Crippen molar-refractivity contribution in [2.45, 2.75) is 18.2 Å². The first-order valence-corrected chi connectivity index (χ1v) is 10.4. The van der Waals surface area contributed by atoms with Crippen LogP contribution in [0.5, 0.6) is 5.75 Å². The molecule has 0 atom stereocenters. The molecule has 1 heterocycles. The van der Waals surface area contributed by atoms with Crippen LogP contribution in [0.1, 0.15) is 18.9 Å². The van der Waals surface area contributed by atoms with Crippen molar-refractivity contribution in [2.24, 2.45) is 0 Å². The van der Waals surface area contributed by atoms with E-state index in [9.17, 15) is 8.42 Å². The van der Waals surface area contributed by atoms with E-state index in [1.807, 2.05) is 31.2 Å². The average molecular weight is 422 g/mol. The zero-order chi connectivity index (χ0) is 17.9. The monoisotopic (exact) mass is 421 g/mol. The van der Waals surface area contributed by atoms with Gasteiger partial charge in [-0.05, 0) is 42.7 Å². The van der Waals surface area contributed by atoms with Crippen LogP contribution in [0.4, 0.5) is 0 Å². The molecular formula is C19H20BrNO3S. The Balaban J connectivity index is 1.88. The predicted molar refractivity (Wildman–Crippen MR) is 103 cm³/mol. The molecule has 0 radical (unpaired) electrons. The van der Waals surface area contributed by atoms with Crippen LogP contribution in [0, 0.1) is 0 Å². The van der Waals surface area contributed by atoms with Crippen molar-refractivity contribution in [1.82, 2.24) is 4.31 Å². The fourth-order valence-corrected chi connectivity index (χ4v) is 4.93. The fourth-order valence-electron chi connectivity index (χ4n) is 2.88. The van der Waals surface area contributed by atoms with Crippen molar-refractivity contribution in [2.75, 3.05) is 19.7 Å². The fraction of sp³-hybridized carbons (Fsp3) is 0.263. The minimum atomic E-state index is -3.61. The van der Waals surface area contributed by atoms with Crippen LogP contribution < -0.4 is 4.74 Å². The Morgan fingerprint density at radius 3 is 2.56 bits per heavy atom. The second kappa shape index (κ2) is 7.72. The lowest BCUT2D eigenvalue weighted by Crippen LogP contribution is -2.35. The molecule has 25 heavy (non-hydrogen) atoms. The molecule has 2 aromatic carbocycles. The second-order valence-electron chi connectivity index (χ2n) is 5.73. The third kappa shape index (κ3) is 3.97. The van der Waals surface area contributed by atoms with Gasteiger partial charge in [-0.25, -0.2) is 8.42 Å². The summed E-state index contributed by atoms with van der Waals surface area (Å²) in [5.74, 6) is 0.392. The normalized spacial score (nSPS) is 15.7. The number of rotatable bonds is 5. The van der Waals surface area contributed by atoms with E-state index in [0.29, 0.717) is 36.3 Å². The summed E-state index contributed by atoms with van der Waals surface area (Å²) in [5, 5.41) is 0. The summed E-state index contributed by atoms with van der Waals surface area (Å²) in [4.78, 5) is 0.209. The Kier molecular flexibility index (Phi) is 5.61. The molecular weight excluding hydrogens is 402 g/mol. The van der Waals surface area contributed by atoms with Crippen molar-refractivity contribution >= 4 is 31.5 Å². The first-order valence-electron chi connectivity index (χ1n) is 8.19. The molecule has 0 N–H and O–H groups in total. The standard InChI is InChI=1S/C19H20BrNO3S/c1-2-24-18-9-8-17(20)14-19(18)25(22,23)21-12-10-16(11-13-21)15-6-4-3-5-7-15/h3-10,14H,2,11-13H2,1H3. The highest BCUT2D eigenvalue weighted by Gasteiger charge is 2.29. The quantitative estimate of drug-likeness (QED) is 0.721. The van der Waals surface area contributed by atoms with E-state index >= 15 is 0 Å². The van der Waals surface area contributed by atoms with E-state index in [1.165, 1.54) is 9.88 Å². The van der Waals surface area contributed by atoms with Crippen LogP contribution in [0.2, 0.25) is 0 Å². The number of halogens is 1. The summed E-state index contributed by atoms with van der Waals surface area (Å²) >= 11 is 3.35. The zero-order valence-corrected chi connectivity index (χ0v) is 16.4. The maximum Gasteiger partial charge on any atom is 0.247 e. The van der Waals surface area contributed by atoms with Crippen molar-refractivity contribution in [1.29, 1.82) is 0 Å². The number of hydrogen-bond acceptors (Lipinski definition) is 3. The van der Waals surface area contributed by atoms with Gasteiger partial charge in [0.1, 0.15) is 10.6 Å². The number of benzene rings is 2. The van der Waals surface area contributed by atoms with E-state index in [0.717, 1.165) is 5.56 Å². The van der Waals surface area contributed by atoms with Crippen molar-refractivity contribution in [3.05, 3.63) is 64.6 Å². The Hall–Kier alpha value is -1.63. The van der Waals surface area contributed by atoms with Crippen LogP contribution >= 0.6 is 15.9 Å². The molecule has 0 saturated heterocycles. The molecule has 2 aromatic rings. The van der Waals surface area contributed by atoms with Crippen LogP contribution in [0.15, 0.2) is 64.0 Å². The SMILES string of the molecule is CCOc1ccc(Br)cc1S(=O)(=O)N1CC=C(c2ccccc2)CC1. The minimum Gasteiger partial charge on any atom is -0.492 e. The highest BCUT2D eigenvalue weighted by atomic mass is 79.9. The van der Waals surface area contributed by atoms with Gasteiger partial charge >= 0.3 is 0 Å². The topological polar surface area (TPSA) is 46.6 Å². The number of hydrogen-bond donors (Lipinski definition) is 0. The lowest BCUT2D eigenvalue weighted by atomic mass is 10.0. The number of sulfonamides is 1. The molecule has 0 aliphatic carbocycles. The summed E-state index contributed by atoms with van der Waals surface area (Å²) in [6.07, 6.45) is 2.69. The van der Waals surface area contributed by atoms with Crippen molar-refractivity contribution in [3.63, 3.8) is 0 Å². The van der Waals surface area contributed by atoms with Gasteiger partial charge in [-0.3, -0.25) is 0 Å². The third-order valence-electron chi connectivity index (χ3n) is 4.14. The molecule has 0 bridgehead atoms. The molecule has 0 amide bonds. The molecule has 0 unspecified atom stereocenters. The highest BCUT2D eigenvalue weighted by molar-refractivity contribution is 9.10. The zero-order valence-electron chi connectivity index (χ0n) is 14.0. The summed E-state index contributed by atoms with van der Waals surface area (Å²) in [6.45, 7) is 3.09. The maximum absolute atomic E-state index is 13.1. The highest BCUT2D eigenvalue weighted by Crippen LogP contribution is 2.32. The van der Waals surface area contributed by atoms with Crippen LogP contribution in [-0.2, 0) is 10.0 Å². The molecule has 1 aliphatic heterocycles. The molecule has 0 saturated carbocycles. The number of ether oxygens (including phenoxy) is 1. The van der Waals surface area contributed by atoms with E-state index in [1.54, 1.807) is 18.2 Å². The molecule has 0 aromatic heterocycles. The summed E-state index contributed by atoms with van der Waals surface area (Å²) in [6, 6.07) is 15.2. The van der Waals surface area contributed by atoms with E-state index < -0.39 is 10.0 Å². The van der Waals surface area contributed by atoms with Gasteiger partial charge in [0.05, 0.1) is 6.61 Å². The minimum absolute atomic E-state index is 0.209. The predicted octanol–water partition coefficient (Wildman–Crippen LogP) is 4.33. The molecule has 6 heteroatoms. The largest absolute Gasteiger partial charge is 0.492 e. The number of nitrogens with zero attached hydrogens (tertiary/aromatic N) is 1. The molecule has 3 rings (SSSR count). The van der Waals surface area contributed by atoms with Gasteiger partial charge in [0, 0.05) is 17.6 Å². The lowest BCUT2D eigenvalue weighted by Gasteiger charge is -2.26. The van der Waals surface area contributed by atoms with E-state index in [2.05, 4.69) is 28.1 Å². The first-order chi connectivity index (χ1) is 12.0. The lowest BCUT2D eigenvalue weighted by molar-refractivity contribution is 0.329. The van der Waals surface area contributed by atoms with Gasteiger partial charge in [-0.2, -0.15) is 4.31 Å². The summed E-state index contributed by atoms with van der Waals surface area (Å²) in [7, 11) is -3.61. The Morgan fingerprint density at radius 1 is 1.16 bits per heavy atom. The van der Waals surface area contributed by atoms with E-state index in [-0.39, 0.29) is 4.90 Å². The van der Waals surface area contributed by atoms with Gasteiger partial charge in [0.2, 0.25) is 10.0 Å². The van der Waals surface area contributed by atoms with Gasteiger partial charge in [0.25, 0.3) is 0 Å². The molecule has 4 nitrogen and oxygen atoms in total. The average Bonchev–Trinajstić information content (AvgIpc) is 2.64. The van der Waals surface area contributed by atoms with Crippen LogP contribution in [0.3, 0.4) is 0 Å². The van der Waals surface area contributed by atoms with Gasteiger partial charge in [-0.15, -0.1) is 0 Å². The summed E-state index contributed by atoms with van der Waals surface area (Å²) < 4.78 is 33.9. The Morgan fingerprint density at radius 2 is 1.92 bits per heavy atom. The molecule has 0 fully saturated rings. The molecule has 1 aliphatic rings. The maximum atomic E-state index is 13.1. The third-order valence-corrected chi connectivity index (χ3v) is 6.52. The molecule has 132 valence electrons. The van der Waals surface area contributed by atoms with Gasteiger partial charge in [0.15, 0.2) is 0 Å². The van der Waals surface area contributed by atoms with Crippen LogP contribution in [0.25, 0.3) is 5.57 Å². The molecule has 0 spiro atoms. The van der Waals surface area contributed by atoms with Crippen molar-refractivity contribution in [3.8, 4) is 5.75 Å². The van der Waals surface area contributed by atoms with E-state index in [4.69, 9.17) is 4.74 Å². The Labute approximate surface area is 157 Å². The smallest absolute Gasteiger partial charge is 0.247 e. The van der Waals surface area contributed by atoms with Crippen LogP contribution in [-0.4, -0.2) is 32.4 Å². The van der Waals surface area contributed by atoms with Gasteiger partial charge in [-0.1, -0.05) is 52.3 Å². The first kappa shape index (κ1) is 18.2. The second-order valence-corrected chi connectivity index (χ2v) is 8.55.